The number of hydrogen-bond donors (Lipinski definition) is 1. The molecule has 0 radical (unpaired) electrons. The van der Waals surface area contributed by atoms with Crippen LogP contribution in [0, 0.1) is 5.41 Å². The summed E-state index contributed by atoms with van der Waals surface area (Å²) in [6.07, 6.45) is 2.98. The Morgan fingerprint density at radius 1 is 1.21 bits per heavy atom. The molecule has 2 nitrogen and oxygen atoms in total. The van der Waals surface area contributed by atoms with Crippen molar-refractivity contribution in [1.82, 2.24) is 10.3 Å². The van der Waals surface area contributed by atoms with E-state index in [4.69, 9.17) is 0 Å². The molecule has 2 aromatic rings. The van der Waals surface area contributed by atoms with Crippen LogP contribution in [-0.2, 0) is 0 Å². The number of fused-ring (bicyclic) bond motifs is 1. The number of nitrogens with one attached hydrogen (secondary N) is 1. The highest BCUT2D eigenvalue weighted by Crippen LogP contribution is 2.30. The van der Waals surface area contributed by atoms with Crippen molar-refractivity contribution in [2.45, 2.75) is 40.2 Å². The Balaban J connectivity index is 2.33. The zero-order valence-corrected chi connectivity index (χ0v) is 12.4. The number of rotatable bonds is 4. The highest BCUT2D eigenvalue weighted by Gasteiger charge is 2.19. The lowest BCUT2D eigenvalue weighted by Gasteiger charge is -2.27. The van der Waals surface area contributed by atoms with E-state index in [9.17, 15) is 0 Å². The second-order valence-electron chi connectivity index (χ2n) is 6.33. The molecule has 1 unspecified atom stereocenters. The van der Waals surface area contributed by atoms with E-state index in [1.54, 1.807) is 0 Å². The van der Waals surface area contributed by atoms with Crippen molar-refractivity contribution >= 4 is 10.9 Å². The van der Waals surface area contributed by atoms with Crippen molar-refractivity contribution in [2.24, 2.45) is 5.41 Å². The maximum Gasteiger partial charge on any atom is 0.0702 e. The SMILES string of the molecule is CCNC(CC(C)(C)C)c1ccc2ncccc2c1. The number of nitrogens with zero attached hydrogens (tertiary/aromatic N) is 1. The third-order valence-electron chi connectivity index (χ3n) is 3.30. The van der Waals surface area contributed by atoms with Gasteiger partial charge in [-0.1, -0.05) is 39.8 Å². The molecule has 0 aliphatic rings. The van der Waals surface area contributed by atoms with Crippen LogP contribution < -0.4 is 5.32 Å². The second-order valence-corrected chi connectivity index (χ2v) is 6.33. The summed E-state index contributed by atoms with van der Waals surface area (Å²) in [4.78, 5) is 4.38. The minimum atomic E-state index is 0.316. The molecule has 0 bridgehead atoms. The van der Waals surface area contributed by atoms with Gasteiger partial charge in [-0.25, -0.2) is 0 Å². The maximum atomic E-state index is 4.38. The Morgan fingerprint density at radius 2 is 2.00 bits per heavy atom. The van der Waals surface area contributed by atoms with Crippen LogP contribution in [-0.4, -0.2) is 11.5 Å². The molecule has 2 rings (SSSR count). The van der Waals surface area contributed by atoms with Crippen molar-refractivity contribution in [2.75, 3.05) is 6.54 Å². The lowest BCUT2D eigenvalue weighted by Crippen LogP contribution is -2.25. The van der Waals surface area contributed by atoms with Crippen molar-refractivity contribution in [3.05, 3.63) is 42.1 Å². The molecule has 1 atom stereocenters. The quantitative estimate of drug-likeness (QED) is 0.881. The smallest absolute Gasteiger partial charge is 0.0702 e. The summed E-state index contributed by atoms with van der Waals surface area (Å²) in [5.41, 5.74) is 2.74. The first-order valence-corrected chi connectivity index (χ1v) is 7.07. The van der Waals surface area contributed by atoms with Crippen molar-refractivity contribution in [3.8, 4) is 0 Å². The van der Waals surface area contributed by atoms with Crippen LogP contribution in [0.5, 0.6) is 0 Å². The fraction of sp³-hybridized carbons (Fsp3) is 0.471. The van der Waals surface area contributed by atoms with Crippen LogP contribution in [0.2, 0.25) is 0 Å². The van der Waals surface area contributed by atoms with Gasteiger partial charge in [-0.15, -0.1) is 0 Å². The van der Waals surface area contributed by atoms with E-state index < -0.39 is 0 Å². The van der Waals surface area contributed by atoms with E-state index in [0.717, 1.165) is 18.5 Å². The van der Waals surface area contributed by atoms with Gasteiger partial charge in [0.25, 0.3) is 0 Å². The van der Waals surface area contributed by atoms with Crippen molar-refractivity contribution < 1.29 is 0 Å². The Morgan fingerprint density at radius 3 is 2.68 bits per heavy atom. The molecule has 0 spiro atoms. The molecule has 0 saturated carbocycles. The van der Waals surface area contributed by atoms with E-state index in [-0.39, 0.29) is 0 Å². The largest absolute Gasteiger partial charge is 0.310 e. The van der Waals surface area contributed by atoms with Gasteiger partial charge in [0, 0.05) is 17.6 Å². The zero-order valence-electron chi connectivity index (χ0n) is 12.4. The van der Waals surface area contributed by atoms with Gasteiger partial charge in [0.15, 0.2) is 0 Å². The Bertz CT molecular complexity index is 540. The van der Waals surface area contributed by atoms with Crippen molar-refractivity contribution in [3.63, 3.8) is 0 Å². The first-order chi connectivity index (χ1) is 8.99. The molecular weight excluding hydrogens is 232 g/mol. The number of benzene rings is 1. The van der Waals surface area contributed by atoms with Gasteiger partial charge in [0.05, 0.1) is 5.52 Å². The molecule has 1 heterocycles. The van der Waals surface area contributed by atoms with E-state index in [1.165, 1.54) is 10.9 Å². The molecule has 0 aliphatic heterocycles. The third kappa shape index (κ3) is 3.77. The summed E-state index contributed by atoms with van der Waals surface area (Å²) in [7, 11) is 0. The lowest BCUT2D eigenvalue weighted by atomic mass is 9.85. The zero-order chi connectivity index (χ0) is 13.9. The summed E-state index contributed by atoms with van der Waals surface area (Å²) in [5, 5.41) is 4.82. The molecule has 1 N–H and O–H groups in total. The molecule has 0 saturated heterocycles. The highest BCUT2D eigenvalue weighted by molar-refractivity contribution is 5.79. The highest BCUT2D eigenvalue weighted by atomic mass is 14.9. The maximum absolute atomic E-state index is 4.38. The summed E-state index contributed by atoms with van der Waals surface area (Å²) in [6.45, 7) is 10.0. The summed E-state index contributed by atoms with van der Waals surface area (Å²) in [6, 6.07) is 11.1. The molecule has 0 aliphatic carbocycles. The van der Waals surface area contributed by atoms with E-state index in [1.807, 2.05) is 12.3 Å². The van der Waals surface area contributed by atoms with E-state index in [2.05, 4.69) is 62.3 Å². The molecule has 102 valence electrons. The Kier molecular flexibility index (Phi) is 4.20. The first kappa shape index (κ1) is 14.0. The molecular formula is C17H24N2. The summed E-state index contributed by atoms with van der Waals surface area (Å²) >= 11 is 0. The Labute approximate surface area is 116 Å². The van der Waals surface area contributed by atoms with Gasteiger partial charge < -0.3 is 5.32 Å². The monoisotopic (exact) mass is 256 g/mol. The minimum Gasteiger partial charge on any atom is -0.310 e. The van der Waals surface area contributed by atoms with E-state index >= 15 is 0 Å². The topological polar surface area (TPSA) is 24.9 Å². The van der Waals surface area contributed by atoms with Gasteiger partial charge in [-0.3, -0.25) is 4.98 Å². The second kappa shape index (κ2) is 5.70. The molecule has 19 heavy (non-hydrogen) atoms. The van der Waals surface area contributed by atoms with Crippen LogP contribution in [0.25, 0.3) is 10.9 Å². The van der Waals surface area contributed by atoms with Gasteiger partial charge in [0.2, 0.25) is 0 Å². The molecule has 1 aromatic heterocycles. The normalized spacial score (nSPS) is 13.7. The van der Waals surface area contributed by atoms with E-state index in [0.29, 0.717) is 11.5 Å². The predicted molar refractivity (Wildman–Crippen MR) is 82.2 cm³/mol. The standard InChI is InChI=1S/C17H24N2/c1-5-18-16(12-17(2,3)4)14-8-9-15-13(11-14)7-6-10-19-15/h6-11,16,18H,5,12H2,1-4H3. The number of pyridine rings is 1. The van der Waals surface area contributed by atoms with Crippen LogP contribution in [0.4, 0.5) is 0 Å². The minimum absolute atomic E-state index is 0.316. The van der Waals surface area contributed by atoms with Gasteiger partial charge >= 0.3 is 0 Å². The molecule has 1 aromatic carbocycles. The third-order valence-corrected chi connectivity index (χ3v) is 3.30. The fourth-order valence-electron chi connectivity index (χ4n) is 2.48. The van der Waals surface area contributed by atoms with Gasteiger partial charge in [0.1, 0.15) is 0 Å². The molecule has 0 fully saturated rings. The average Bonchev–Trinajstić information content (AvgIpc) is 2.36. The van der Waals surface area contributed by atoms with Crippen LogP contribution >= 0.6 is 0 Å². The average molecular weight is 256 g/mol. The number of hydrogen-bond acceptors (Lipinski definition) is 2. The Hall–Kier alpha value is -1.41. The molecule has 0 amide bonds. The van der Waals surface area contributed by atoms with Crippen LogP contribution in [0.3, 0.4) is 0 Å². The van der Waals surface area contributed by atoms with Gasteiger partial charge in [-0.2, -0.15) is 0 Å². The predicted octanol–water partition coefficient (Wildman–Crippen LogP) is 4.32. The summed E-state index contributed by atoms with van der Waals surface area (Å²) in [5.74, 6) is 0. The lowest BCUT2D eigenvalue weighted by molar-refractivity contribution is 0.314. The summed E-state index contributed by atoms with van der Waals surface area (Å²) < 4.78 is 0. The van der Waals surface area contributed by atoms with Crippen LogP contribution in [0.1, 0.15) is 45.7 Å². The fourth-order valence-corrected chi connectivity index (χ4v) is 2.48. The van der Waals surface area contributed by atoms with Crippen LogP contribution in [0.15, 0.2) is 36.5 Å². The van der Waals surface area contributed by atoms with Crippen molar-refractivity contribution in [1.29, 1.82) is 0 Å². The molecule has 2 heteroatoms. The first-order valence-electron chi connectivity index (χ1n) is 7.07. The number of aromatic nitrogens is 1. The van der Waals surface area contributed by atoms with Gasteiger partial charge in [-0.05, 0) is 42.1 Å².